The van der Waals surface area contributed by atoms with Gasteiger partial charge in [0.05, 0.1) is 17.2 Å². The van der Waals surface area contributed by atoms with Crippen molar-refractivity contribution in [1.29, 1.82) is 0 Å². The van der Waals surface area contributed by atoms with Crippen LogP contribution >= 0.6 is 0 Å². The summed E-state index contributed by atoms with van der Waals surface area (Å²) < 4.78 is 23.2. The summed E-state index contributed by atoms with van der Waals surface area (Å²) in [6, 6.07) is 1.92. The third kappa shape index (κ3) is 3.23. The van der Waals surface area contributed by atoms with Gasteiger partial charge in [0.25, 0.3) is 0 Å². The maximum absolute atomic E-state index is 11.6. The number of aromatic nitrogens is 2. The lowest BCUT2D eigenvalue weighted by molar-refractivity contribution is 0.556. The SMILES string of the molecule is CNc1cc(C(C)(C)C)nc(C2CCS(=O)(=O)C2)n1. The molecule has 19 heavy (non-hydrogen) atoms. The number of nitrogens with one attached hydrogen (secondary N) is 1. The van der Waals surface area contributed by atoms with Gasteiger partial charge in [-0.3, -0.25) is 0 Å². The third-order valence-corrected chi connectivity index (χ3v) is 5.13. The van der Waals surface area contributed by atoms with E-state index in [0.29, 0.717) is 12.2 Å². The Bertz CT molecular complexity index is 576. The minimum Gasteiger partial charge on any atom is -0.373 e. The van der Waals surface area contributed by atoms with Crippen LogP contribution in [0.4, 0.5) is 5.82 Å². The molecule has 0 aromatic carbocycles. The van der Waals surface area contributed by atoms with Crippen molar-refractivity contribution in [2.75, 3.05) is 23.9 Å². The first-order valence-electron chi connectivity index (χ1n) is 6.49. The molecule has 6 heteroatoms. The topological polar surface area (TPSA) is 72.0 Å². The van der Waals surface area contributed by atoms with Gasteiger partial charge in [0.1, 0.15) is 11.6 Å². The molecule has 106 valence electrons. The van der Waals surface area contributed by atoms with Crippen molar-refractivity contribution in [3.8, 4) is 0 Å². The minimum atomic E-state index is -2.91. The molecule has 0 radical (unpaired) electrons. The zero-order chi connectivity index (χ0) is 14.3. The lowest BCUT2D eigenvalue weighted by Gasteiger charge is -2.20. The average molecular weight is 283 g/mol. The summed E-state index contributed by atoms with van der Waals surface area (Å²) in [5, 5.41) is 3.02. The van der Waals surface area contributed by atoms with E-state index in [0.717, 1.165) is 11.5 Å². The van der Waals surface area contributed by atoms with Crippen LogP contribution in [0.25, 0.3) is 0 Å². The Morgan fingerprint density at radius 1 is 1.32 bits per heavy atom. The van der Waals surface area contributed by atoms with Crippen LogP contribution in [0.15, 0.2) is 6.07 Å². The zero-order valence-electron chi connectivity index (χ0n) is 11.9. The van der Waals surface area contributed by atoms with Crippen LogP contribution in [-0.4, -0.2) is 36.9 Å². The molecule has 1 unspecified atom stereocenters. The Kier molecular flexibility index (Phi) is 3.55. The first-order valence-corrected chi connectivity index (χ1v) is 8.31. The highest BCUT2D eigenvalue weighted by atomic mass is 32.2. The van der Waals surface area contributed by atoms with Crippen molar-refractivity contribution >= 4 is 15.7 Å². The van der Waals surface area contributed by atoms with E-state index < -0.39 is 9.84 Å². The Labute approximate surface area is 114 Å². The highest BCUT2D eigenvalue weighted by Crippen LogP contribution is 2.29. The molecule has 5 nitrogen and oxygen atoms in total. The molecule has 2 rings (SSSR count). The predicted molar refractivity (Wildman–Crippen MR) is 76.3 cm³/mol. The van der Waals surface area contributed by atoms with Gasteiger partial charge < -0.3 is 5.32 Å². The second-order valence-corrected chi connectivity index (χ2v) is 8.33. The molecule has 1 fully saturated rings. The fourth-order valence-corrected chi connectivity index (χ4v) is 3.90. The normalized spacial score (nSPS) is 22.4. The Balaban J connectivity index is 2.41. The average Bonchev–Trinajstić information content (AvgIpc) is 2.68. The van der Waals surface area contributed by atoms with Gasteiger partial charge in [0, 0.05) is 24.4 Å². The lowest BCUT2D eigenvalue weighted by atomic mass is 9.91. The molecule has 1 aliphatic rings. The Hall–Kier alpha value is -1.17. The van der Waals surface area contributed by atoms with Crippen LogP contribution in [-0.2, 0) is 15.3 Å². The molecular formula is C13H21N3O2S. The molecule has 0 aliphatic carbocycles. The van der Waals surface area contributed by atoms with Gasteiger partial charge in [0.2, 0.25) is 0 Å². The molecular weight excluding hydrogens is 262 g/mol. The van der Waals surface area contributed by atoms with Crippen LogP contribution in [0.5, 0.6) is 0 Å². The predicted octanol–water partition coefficient (Wildman–Crippen LogP) is 1.72. The van der Waals surface area contributed by atoms with Gasteiger partial charge in [-0.05, 0) is 6.42 Å². The zero-order valence-corrected chi connectivity index (χ0v) is 12.7. The molecule has 2 heterocycles. The molecule has 1 N–H and O–H groups in total. The van der Waals surface area contributed by atoms with Crippen LogP contribution in [0, 0.1) is 0 Å². The highest BCUT2D eigenvalue weighted by Gasteiger charge is 2.32. The van der Waals surface area contributed by atoms with E-state index in [9.17, 15) is 8.42 Å². The Morgan fingerprint density at radius 3 is 2.47 bits per heavy atom. The van der Waals surface area contributed by atoms with Crippen LogP contribution in [0.2, 0.25) is 0 Å². The summed E-state index contributed by atoms with van der Waals surface area (Å²) >= 11 is 0. The molecule has 0 bridgehead atoms. The lowest BCUT2D eigenvalue weighted by Crippen LogP contribution is -2.18. The number of hydrogen-bond acceptors (Lipinski definition) is 5. The quantitative estimate of drug-likeness (QED) is 0.894. The number of rotatable bonds is 2. The van der Waals surface area contributed by atoms with Crippen molar-refractivity contribution in [1.82, 2.24) is 9.97 Å². The van der Waals surface area contributed by atoms with Gasteiger partial charge in [-0.25, -0.2) is 18.4 Å². The van der Waals surface area contributed by atoms with Gasteiger partial charge >= 0.3 is 0 Å². The van der Waals surface area contributed by atoms with Gasteiger partial charge in [-0.15, -0.1) is 0 Å². The minimum absolute atomic E-state index is 0.0700. The molecule has 0 saturated carbocycles. The Morgan fingerprint density at radius 2 is 2.00 bits per heavy atom. The number of hydrogen-bond donors (Lipinski definition) is 1. The molecule has 1 aliphatic heterocycles. The first kappa shape index (κ1) is 14.2. The first-order chi connectivity index (χ1) is 8.71. The van der Waals surface area contributed by atoms with E-state index in [1.807, 2.05) is 13.1 Å². The standard InChI is InChI=1S/C13H21N3O2S/c1-13(2,3)10-7-11(14-4)16-12(15-10)9-5-6-19(17,18)8-9/h7,9H,5-6,8H2,1-4H3,(H,14,15,16). The van der Waals surface area contributed by atoms with Gasteiger partial charge in [-0.1, -0.05) is 20.8 Å². The summed E-state index contributed by atoms with van der Waals surface area (Å²) in [6.07, 6.45) is 0.624. The van der Waals surface area contributed by atoms with E-state index in [-0.39, 0.29) is 22.8 Å². The fourth-order valence-electron chi connectivity index (χ4n) is 2.16. The molecule has 0 spiro atoms. The molecule has 1 saturated heterocycles. The summed E-state index contributed by atoms with van der Waals surface area (Å²) in [7, 11) is -1.10. The van der Waals surface area contributed by atoms with E-state index in [4.69, 9.17) is 0 Å². The monoisotopic (exact) mass is 283 g/mol. The van der Waals surface area contributed by atoms with Crippen molar-refractivity contribution < 1.29 is 8.42 Å². The van der Waals surface area contributed by atoms with Crippen molar-refractivity contribution in [2.45, 2.75) is 38.5 Å². The summed E-state index contributed by atoms with van der Waals surface area (Å²) in [5.74, 6) is 1.75. The van der Waals surface area contributed by atoms with E-state index in [2.05, 4.69) is 36.1 Å². The third-order valence-electron chi connectivity index (χ3n) is 3.37. The number of anilines is 1. The van der Waals surface area contributed by atoms with Crippen molar-refractivity contribution in [2.24, 2.45) is 0 Å². The van der Waals surface area contributed by atoms with Crippen LogP contribution in [0.3, 0.4) is 0 Å². The molecule has 1 atom stereocenters. The maximum Gasteiger partial charge on any atom is 0.151 e. The summed E-state index contributed by atoms with van der Waals surface area (Å²) in [4.78, 5) is 9.01. The van der Waals surface area contributed by atoms with E-state index in [1.165, 1.54) is 0 Å². The van der Waals surface area contributed by atoms with Gasteiger partial charge in [0.15, 0.2) is 9.84 Å². The fraction of sp³-hybridized carbons (Fsp3) is 0.692. The van der Waals surface area contributed by atoms with Crippen LogP contribution in [0.1, 0.15) is 44.6 Å². The summed E-state index contributed by atoms with van der Waals surface area (Å²) in [5.41, 5.74) is 0.854. The maximum atomic E-state index is 11.6. The second-order valence-electron chi connectivity index (χ2n) is 6.10. The van der Waals surface area contributed by atoms with E-state index >= 15 is 0 Å². The highest BCUT2D eigenvalue weighted by molar-refractivity contribution is 7.91. The molecule has 0 amide bonds. The van der Waals surface area contributed by atoms with Crippen molar-refractivity contribution in [3.63, 3.8) is 0 Å². The van der Waals surface area contributed by atoms with E-state index in [1.54, 1.807) is 0 Å². The van der Waals surface area contributed by atoms with Crippen LogP contribution < -0.4 is 5.32 Å². The largest absolute Gasteiger partial charge is 0.373 e. The molecule has 1 aromatic rings. The smallest absolute Gasteiger partial charge is 0.151 e. The number of nitrogens with zero attached hydrogens (tertiary/aromatic N) is 2. The number of sulfone groups is 1. The molecule has 1 aromatic heterocycles. The second kappa shape index (κ2) is 4.74. The summed E-state index contributed by atoms with van der Waals surface area (Å²) in [6.45, 7) is 6.26. The van der Waals surface area contributed by atoms with Gasteiger partial charge in [-0.2, -0.15) is 0 Å². The van der Waals surface area contributed by atoms with Crippen molar-refractivity contribution in [3.05, 3.63) is 17.6 Å².